The SMILES string of the molecule is CC(C)C[C@H](NC(C)C)C(=O)C[C@@H](Cc1ccccc1)C(=O)C(C)C. The number of Topliss-reactive ketones (excluding diaryl/α,β-unsaturated/α-hetero) is 2. The summed E-state index contributed by atoms with van der Waals surface area (Å²) in [7, 11) is 0. The van der Waals surface area contributed by atoms with Gasteiger partial charge in [0.2, 0.25) is 0 Å². The van der Waals surface area contributed by atoms with Crippen molar-refractivity contribution in [3.8, 4) is 0 Å². The molecule has 0 saturated heterocycles. The molecule has 2 atom stereocenters. The Labute approximate surface area is 153 Å². The lowest BCUT2D eigenvalue weighted by Gasteiger charge is -2.25. The van der Waals surface area contributed by atoms with Gasteiger partial charge in [-0.1, -0.05) is 71.9 Å². The fourth-order valence-corrected chi connectivity index (χ4v) is 3.19. The number of benzene rings is 1. The third-order valence-corrected chi connectivity index (χ3v) is 4.37. The molecule has 1 rings (SSSR count). The average molecular weight is 346 g/mol. The molecule has 0 fully saturated rings. The van der Waals surface area contributed by atoms with Crippen LogP contribution in [0.25, 0.3) is 0 Å². The Morgan fingerprint density at radius 3 is 2.04 bits per heavy atom. The molecule has 0 unspecified atom stereocenters. The molecule has 3 nitrogen and oxygen atoms in total. The zero-order chi connectivity index (χ0) is 19.0. The fourth-order valence-electron chi connectivity index (χ4n) is 3.19. The first-order valence-corrected chi connectivity index (χ1v) is 9.57. The quantitative estimate of drug-likeness (QED) is 0.645. The van der Waals surface area contributed by atoms with Crippen molar-refractivity contribution in [1.29, 1.82) is 0 Å². The van der Waals surface area contributed by atoms with Crippen LogP contribution in [0.15, 0.2) is 30.3 Å². The first-order valence-electron chi connectivity index (χ1n) is 9.57. The second-order valence-electron chi connectivity index (χ2n) is 8.12. The van der Waals surface area contributed by atoms with E-state index in [0.29, 0.717) is 18.8 Å². The van der Waals surface area contributed by atoms with E-state index >= 15 is 0 Å². The van der Waals surface area contributed by atoms with Crippen molar-refractivity contribution in [2.45, 2.75) is 72.9 Å². The molecule has 0 saturated carbocycles. The summed E-state index contributed by atoms with van der Waals surface area (Å²) in [5, 5.41) is 3.39. The number of carbonyl (C=O) groups is 2. The Morgan fingerprint density at radius 1 is 0.960 bits per heavy atom. The van der Waals surface area contributed by atoms with Gasteiger partial charge < -0.3 is 5.32 Å². The van der Waals surface area contributed by atoms with E-state index in [2.05, 4.69) is 33.0 Å². The van der Waals surface area contributed by atoms with Gasteiger partial charge in [0.1, 0.15) is 11.6 Å². The van der Waals surface area contributed by atoms with Crippen LogP contribution < -0.4 is 5.32 Å². The highest BCUT2D eigenvalue weighted by Crippen LogP contribution is 2.20. The van der Waals surface area contributed by atoms with Crippen molar-refractivity contribution in [2.75, 3.05) is 0 Å². The summed E-state index contributed by atoms with van der Waals surface area (Å²) < 4.78 is 0. The third-order valence-electron chi connectivity index (χ3n) is 4.37. The molecule has 25 heavy (non-hydrogen) atoms. The Morgan fingerprint density at radius 2 is 1.56 bits per heavy atom. The van der Waals surface area contributed by atoms with Crippen LogP contribution in [0.3, 0.4) is 0 Å². The molecule has 140 valence electrons. The number of rotatable bonds is 11. The van der Waals surface area contributed by atoms with E-state index in [4.69, 9.17) is 0 Å². The molecule has 1 N–H and O–H groups in total. The lowest BCUT2D eigenvalue weighted by atomic mass is 9.83. The number of carbonyl (C=O) groups excluding carboxylic acids is 2. The molecule has 1 aromatic carbocycles. The van der Waals surface area contributed by atoms with Gasteiger partial charge in [0.25, 0.3) is 0 Å². The topological polar surface area (TPSA) is 46.2 Å². The maximum atomic E-state index is 12.9. The maximum absolute atomic E-state index is 12.9. The van der Waals surface area contributed by atoms with Gasteiger partial charge >= 0.3 is 0 Å². The van der Waals surface area contributed by atoms with Crippen LogP contribution in [0.5, 0.6) is 0 Å². The van der Waals surface area contributed by atoms with Gasteiger partial charge in [-0.2, -0.15) is 0 Å². The molecular weight excluding hydrogens is 310 g/mol. The zero-order valence-electron chi connectivity index (χ0n) is 16.7. The highest BCUT2D eigenvalue weighted by atomic mass is 16.1. The van der Waals surface area contributed by atoms with Crippen LogP contribution in [0.1, 0.15) is 59.9 Å². The van der Waals surface area contributed by atoms with Crippen LogP contribution in [0.4, 0.5) is 0 Å². The van der Waals surface area contributed by atoms with E-state index in [1.165, 1.54) is 0 Å². The summed E-state index contributed by atoms with van der Waals surface area (Å²) in [6, 6.07) is 10.1. The predicted molar refractivity (Wildman–Crippen MR) is 105 cm³/mol. The molecule has 0 amide bonds. The number of hydrogen-bond acceptors (Lipinski definition) is 3. The molecule has 0 heterocycles. The Kier molecular flexibility index (Phi) is 9.05. The fraction of sp³-hybridized carbons (Fsp3) is 0.636. The van der Waals surface area contributed by atoms with Gasteiger partial charge in [0, 0.05) is 24.3 Å². The normalized spacial score (nSPS) is 14.1. The van der Waals surface area contributed by atoms with Crippen LogP contribution in [-0.2, 0) is 16.0 Å². The van der Waals surface area contributed by atoms with E-state index in [-0.39, 0.29) is 35.5 Å². The minimum absolute atomic E-state index is 0.0527. The Bertz CT molecular complexity index is 524. The molecule has 0 spiro atoms. The second kappa shape index (κ2) is 10.5. The standard InChI is InChI=1S/C22H35NO2/c1-15(2)12-20(23-17(5)6)21(24)14-19(22(25)16(3)4)13-18-10-8-7-9-11-18/h7-11,15-17,19-20,23H,12-14H2,1-6H3/t19-,20+/m1/s1. The summed E-state index contributed by atoms with van der Waals surface area (Å²) in [5.41, 5.74) is 1.12. The van der Waals surface area contributed by atoms with Gasteiger partial charge in [-0.3, -0.25) is 9.59 Å². The van der Waals surface area contributed by atoms with Gasteiger partial charge in [0.05, 0.1) is 6.04 Å². The first kappa shape index (κ1) is 21.6. The van der Waals surface area contributed by atoms with Crippen LogP contribution in [0, 0.1) is 17.8 Å². The van der Waals surface area contributed by atoms with E-state index < -0.39 is 0 Å². The maximum Gasteiger partial charge on any atom is 0.150 e. The summed E-state index contributed by atoms with van der Waals surface area (Å²) in [6.45, 7) is 12.2. The van der Waals surface area contributed by atoms with Gasteiger partial charge in [0.15, 0.2) is 0 Å². The lowest BCUT2D eigenvalue weighted by molar-refractivity contribution is -0.131. The Balaban J connectivity index is 2.90. The van der Waals surface area contributed by atoms with Crippen molar-refractivity contribution in [3.63, 3.8) is 0 Å². The Hall–Kier alpha value is -1.48. The lowest BCUT2D eigenvalue weighted by Crippen LogP contribution is -2.43. The van der Waals surface area contributed by atoms with Gasteiger partial charge in [-0.15, -0.1) is 0 Å². The van der Waals surface area contributed by atoms with Gasteiger partial charge in [-0.05, 0) is 24.3 Å². The summed E-state index contributed by atoms with van der Waals surface area (Å²) in [5.74, 6) is 0.498. The minimum Gasteiger partial charge on any atom is -0.305 e. The molecule has 1 aromatic rings. The van der Waals surface area contributed by atoms with Crippen molar-refractivity contribution < 1.29 is 9.59 Å². The van der Waals surface area contributed by atoms with Gasteiger partial charge in [-0.25, -0.2) is 0 Å². The second-order valence-corrected chi connectivity index (χ2v) is 8.12. The predicted octanol–water partition coefficient (Wildman–Crippen LogP) is 4.44. The van der Waals surface area contributed by atoms with Crippen molar-refractivity contribution in [2.24, 2.45) is 17.8 Å². The number of nitrogens with one attached hydrogen (secondary N) is 1. The number of hydrogen-bond donors (Lipinski definition) is 1. The molecule has 0 aliphatic carbocycles. The van der Waals surface area contributed by atoms with Crippen molar-refractivity contribution >= 4 is 11.6 Å². The largest absolute Gasteiger partial charge is 0.305 e. The smallest absolute Gasteiger partial charge is 0.150 e. The minimum atomic E-state index is -0.237. The highest BCUT2D eigenvalue weighted by molar-refractivity contribution is 5.91. The highest BCUT2D eigenvalue weighted by Gasteiger charge is 2.28. The van der Waals surface area contributed by atoms with Crippen molar-refractivity contribution in [1.82, 2.24) is 5.32 Å². The first-order chi connectivity index (χ1) is 11.7. The summed E-state index contributed by atoms with van der Waals surface area (Å²) >= 11 is 0. The summed E-state index contributed by atoms with van der Waals surface area (Å²) in [6.07, 6.45) is 1.77. The van der Waals surface area contributed by atoms with E-state index in [1.807, 2.05) is 44.2 Å². The molecular formula is C22H35NO2. The molecule has 3 heteroatoms. The number of ketones is 2. The third kappa shape index (κ3) is 7.96. The molecule has 0 bridgehead atoms. The van der Waals surface area contributed by atoms with E-state index in [9.17, 15) is 9.59 Å². The molecule has 0 aliphatic heterocycles. The van der Waals surface area contributed by atoms with Crippen LogP contribution in [-0.4, -0.2) is 23.7 Å². The monoisotopic (exact) mass is 345 g/mol. The van der Waals surface area contributed by atoms with Crippen LogP contribution >= 0.6 is 0 Å². The molecule has 0 radical (unpaired) electrons. The zero-order valence-corrected chi connectivity index (χ0v) is 16.7. The van der Waals surface area contributed by atoms with Crippen LogP contribution in [0.2, 0.25) is 0 Å². The average Bonchev–Trinajstić information content (AvgIpc) is 2.52. The van der Waals surface area contributed by atoms with E-state index in [0.717, 1.165) is 12.0 Å². The van der Waals surface area contributed by atoms with E-state index in [1.54, 1.807) is 0 Å². The molecule has 0 aromatic heterocycles. The summed E-state index contributed by atoms with van der Waals surface area (Å²) in [4.78, 5) is 25.6. The van der Waals surface area contributed by atoms with Crippen molar-refractivity contribution in [3.05, 3.63) is 35.9 Å². The molecule has 0 aliphatic rings.